The van der Waals surface area contributed by atoms with Gasteiger partial charge in [-0.15, -0.1) is 11.3 Å². The highest BCUT2D eigenvalue weighted by atomic mass is 35.5. The van der Waals surface area contributed by atoms with Gasteiger partial charge < -0.3 is 9.46 Å². The zero-order chi connectivity index (χ0) is 15.5. The lowest BCUT2D eigenvalue weighted by atomic mass is 10.2. The largest absolute Gasteiger partial charge is 0.465 e. The molecule has 0 aliphatic rings. The van der Waals surface area contributed by atoms with E-state index >= 15 is 0 Å². The van der Waals surface area contributed by atoms with Gasteiger partial charge >= 0.3 is 5.97 Å². The van der Waals surface area contributed by atoms with E-state index in [1.807, 2.05) is 48.5 Å². The molecule has 2 aromatic carbocycles. The van der Waals surface area contributed by atoms with E-state index in [1.54, 1.807) is 0 Å². The van der Waals surface area contributed by atoms with Crippen molar-refractivity contribution in [3.05, 3.63) is 58.4 Å². The molecule has 112 valence electrons. The maximum absolute atomic E-state index is 11.6. The molecule has 1 heterocycles. The summed E-state index contributed by atoms with van der Waals surface area (Å²) in [6, 6.07) is 15.5. The van der Waals surface area contributed by atoms with Crippen molar-refractivity contribution >= 4 is 56.6 Å². The minimum atomic E-state index is -0.300. The van der Waals surface area contributed by atoms with Gasteiger partial charge in [0, 0.05) is 20.3 Å². The van der Waals surface area contributed by atoms with E-state index in [0.29, 0.717) is 4.88 Å². The van der Waals surface area contributed by atoms with Crippen molar-refractivity contribution in [3.8, 4) is 0 Å². The molecule has 0 aliphatic heterocycles. The zero-order valence-corrected chi connectivity index (χ0v) is 14.0. The topological polar surface area (TPSA) is 38.3 Å². The molecule has 0 fully saturated rings. The van der Waals surface area contributed by atoms with Crippen LogP contribution in [0.2, 0.25) is 5.02 Å². The molecule has 0 atom stereocenters. The lowest BCUT2D eigenvalue weighted by molar-refractivity contribution is 0.0606. The van der Waals surface area contributed by atoms with Gasteiger partial charge in [-0.05, 0) is 65.9 Å². The van der Waals surface area contributed by atoms with E-state index in [0.717, 1.165) is 25.7 Å². The summed E-state index contributed by atoms with van der Waals surface area (Å²) in [6.45, 7) is 0. The Morgan fingerprint density at radius 1 is 1.18 bits per heavy atom. The average molecular weight is 350 g/mol. The van der Waals surface area contributed by atoms with E-state index in [9.17, 15) is 4.79 Å². The van der Waals surface area contributed by atoms with E-state index in [2.05, 4.69) is 4.72 Å². The monoisotopic (exact) mass is 349 g/mol. The van der Waals surface area contributed by atoms with Gasteiger partial charge in [-0.2, -0.15) is 0 Å². The number of halogens is 1. The second-order valence-electron chi connectivity index (χ2n) is 4.51. The summed E-state index contributed by atoms with van der Waals surface area (Å²) in [5, 5.41) is 1.74. The lowest BCUT2D eigenvalue weighted by Crippen LogP contribution is -1.96. The van der Waals surface area contributed by atoms with Gasteiger partial charge in [0.05, 0.1) is 7.11 Å². The molecule has 0 aliphatic carbocycles. The van der Waals surface area contributed by atoms with Gasteiger partial charge in [0.2, 0.25) is 0 Å². The molecule has 0 saturated heterocycles. The van der Waals surface area contributed by atoms with Crippen molar-refractivity contribution in [1.82, 2.24) is 0 Å². The number of thiophene rings is 1. The van der Waals surface area contributed by atoms with Crippen molar-refractivity contribution in [2.45, 2.75) is 4.90 Å². The minimum Gasteiger partial charge on any atom is -0.465 e. The number of nitrogens with one attached hydrogen (secondary N) is 1. The van der Waals surface area contributed by atoms with E-state index in [4.69, 9.17) is 16.3 Å². The molecule has 0 spiro atoms. The van der Waals surface area contributed by atoms with Crippen molar-refractivity contribution in [1.29, 1.82) is 0 Å². The predicted molar refractivity (Wildman–Crippen MR) is 94.1 cm³/mol. The summed E-state index contributed by atoms with van der Waals surface area (Å²) in [5.41, 5.74) is 0.974. The average Bonchev–Trinajstić information content (AvgIpc) is 2.96. The number of anilines is 1. The van der Waals surface area contributed by atoms with Crippen LogP contribution in [-0.4, -0.2) is 13.1 Å². The molecule has 3 aromatic rings. The van der Waals surface area contributed by atoms with Crippen LogP contribution in [0.4, 0.5) is 5.69 Å². The number of methoxy groups -OCH3 is 1. The highest BCUT2D eigenvalue weighted by molar-refractivity contribution is 8.00. The molecule has 0 bridgehead atoms. The number of carbonyl (C=O) groups is 1. The lowest BCUT2D eigenvalue weighted by Gasteiger charge is -2.05. The fourth-order valence-electron chi connectivity index (χ4n) is 1.93. The van der Waals surface area contributed by atoms with Gasteiger partial charge in [-0.25, -0.2) is 4.79 Å². The molecule has 22 heavy (non-hydrogen) atoms. The number of carbonyl (C=O) groups excluding carboxylic acids is 1. The number of hydrogen-bond donors (Lipinski definition) is 1. The van der Waals surface area contributed by atoms with Crippen LogP contribution in [0.1, 0.15) is 9.67 Å². The Hall–Kier alpha value is -1.69. The number of hydrogen-bond acceptors (Lipinski definition) is 5. The van der Waals surface area contributed by atoms with E-state index in [1.165, 1.54) is 30.4 Å². The van der Waals surface area contributed by atoms with Crippen LogP contribution >= 0.6 is 34.9 Å². The van der Waals surface area contributed by atoms with Crippen LogP contribution in [0.15, 0.2) is 53.4 Å². The SMILES string of the molecule is COC(=O)c1cc2cc(NSc3ccc(Cl)cc3)ccc2s1. The third kappa shape index (κ3) is 3.38. The molecule has 0 amide bonds. The minimum absolute atomic E-state index is 0.300. The number of fused-ring (bicyclic) bond motifs is 1. The Labute approximate surface area is 141 Å². The first kappa shape index (κ1) is 15.2. The first-order chi connectivity index (χ1) is 10.7. The Morgan fingerprint density at radius 3 is 2.68 bits per heavy atom. The number of esters is 1. The first-order valence-electron chi connectivity index (χ1n) is 6.46. The maximum atomic E-state index is 11.6. The molecular weight excluding hydrogens is 338 g/mol. The van der Waals surface area contributed by atoms with Crippen molar-refractivity contribution in [3.63, 3.8) is 0 Å². The molecule has 0 saturated carbocycles. The van der Waals surface area contributed by atoms with Crippen LogP contribution in [0.25, 0.3) is 10.1 Å². The van der Waals surface area contributed by atoms with Gasteiger partial charge in [-0.3, -0.25) is 0 Å². The Kier molecular flexibility index (Phi) is 4.57. The third-order valence-corrected chi connectivity index (χ3v) is 5.20. The standard InChI is InChI=1S/C16H12ClNO2S2/c1-20-16(19)15-9-10-8-12(4-7-14(10)21-15)18-22-13-5-2-11(17)3-6-13/h2-9,18H,1H3. The second-order valence-corrected chi connectivity index (χ2v) is 6.91. The highest BCUT2D eigenvalue weighted by Gasteiger charge is 2.10. The summed E-state index contributed by atoms with van der Waals surface area (Å²) in [6.07, 6.45) is 0. The molecule has 6 heteroatoms. The predicted octanol–water partition coefficient (Wildman–Crippen LogP) is 5.46. The zero-order valence-electron chi connectivity index (χ0n) is 11.6. The molecule has 3 rings (SSSR count). The van der Waals surface area contributed by atoms with Gasteiger partial charge in [0.25, 0.3) is 0 Å². The van der Waals surface area contributed by atoms with Gasteiger partial charge in [-0.1, -0.05) is 11.6 Å². The summed E-state index contributed by atoms with van der Waals surface area (Å²) >= 11 is 8.81. The highest BCUT2D eigenvalue weighted by Crippen LogP contribution is 2.30. The van der Waals surface area contributed by atoms with E-state index < -0.39 is 0 Å². The Balaban J connectivity index is 1.76. The fraction of sp³-hybridized carbons (Fsp3) is 0.0625. The van der Waals surface area contributed by atoms with Crippen molar-refractivity contribution < 1.29 is 9.53 Å². The number of rotatable bonds is 4. The summed E-state index contributed by atoms with van der Waals surface area (Å²) < 4.78 is 9.10. The van der Waals surface area contributed by atoms with Crippen molar-refractivity contribution in [2.24, 2.45) is 0 Å². The van der Waals surface area contributed by atoms with Gasteiger partial charge in [0.1, 0.15) is 4.88 Å². The van der Waals surface area contributed by atoms with Crippen LogP contribution in [0.5, 0.6) is 0 Å². The molecule has 3 nitrogen and oxygen atoms in total. The summed E-state index contributed by atoms with van der Waals surface area (Å²) in [4.78, 5) is 13.2. The molecule has 1 aromatic heterocycles. The van der Waals surface area contributed by atoms with Gasteiger partial charge in [0.15, 0.2) is 0 Å². The summed E-state index contributed by atoms with van der Waals surface area (Å²) in [7, 11) is 1.39. The van der Waals surface area contributed by atoms with Crippen LogP contribution < -0.4 is 4.72 Å². The number of ether oxygens (including phenoxy) is 1. The van der Waals surface area contributed by atoms with E-state index in [-0.39, 0.29) is 5.97 Å². The molecular formula is C16H12ClNO2S2. The van der Waals surface area contributed by atoms with Crippen LogP contribution in [-0.2, 0) is 4.74 Å². The first-order valence-corrected chi connectivity index (χ1v) is 8.47. The Morgan fingerprint density at radius 2 is 1.95 bits per heavy atom. The number of benzene rings is 2. The van der Waals surface area contributed by atoms with Crippen molar-refractivity contribution in [2.75, 3.05) is 11.8 Å². The smallest absolute Gasteiger partial charge is 0.348 e. The van der Waals surface area contributed by atoms with Crippen LogP contribution in [0, 0.1) is 0 Å². The normalized spacial score (nSPS) is 10.6. The summed E-state index contributed by atoms with van der Waals surface area (Å²) in [5.74, 6) is -0.300. The Bertz CT molecular complexity index is 815. The quantitative estimate of drug-likeness (QED) is 0.501. The van der Waals surface area contributed by atoms with Crippen LogP contribution in [0.3, 0.4) is 0 Å². The maximum Gasteiger partial charge on any atom is 0.348 e. The fourth-order valence-corrected chi connectivity index (χ4v) is 3.65. The molecule has 1 N–H and O–H groups in total. The molecule has 0 radical (unpaired) electrons. The molecule has 0 unspecified atom stereocenters. The third-order valence-electron chi connectivity index (χ3n) is 3.00. The second kappa shape index (κ2) is 6.60.